The Balaban J connectivity index is 1.51. The monoisotopic (exact) mass is 332 g/mol. The average molecular weight is 333 g/mol. The fraction of sp³-hybridized carbons (Fsp3) is 0.737. The van der Waals surface area contributed by atoms with E-state index >= 15 is 0 Å². The fourth-order valence-electron chi connectivity index (χ4n) is 6.21. The molecule has 124 valence electrons. The molecule has 0 N–H and O–H groups in total. The fourth-order valence-corrected chi connectivity index (χ4v) is 6.38. The number of hydrogen-bond donors (Lipinski definition) is 0. The summed E-state index contributed by atoms with van der Waals surface area (Å²) >= 11 is 6.20. The minimum absolute atomic E-state index is 0.162. The third kappa shape index (κ3) is 1.87. The summed E-state index contributed by atoms with van der Waals surface area (Å²) in [7, 11) is 1.90. The molecule has 0 amide bonds. The first-order valence-corrected chi connectivity index (χ1v) is 9.46. The Morgan fingerprint density at radius 1 is 1.22 bits per heavy atom. The first kappa shape index (κ1) is 14.7. The van der Waals surface area contributed by atoms with Crippen molar-refractivity contribution in [2.45, 2.75) is 49.7 Å². The standard InChI is InChI=1S/C19H25ClN2O/c1-23-19(14-5-6-21-17(20)7-14)15-3-2-4-16(19)12-22(11-15)18-8-13(9-18)10-18/h5-7,13,15-16H,2-4,8-12H2,1H3/t13?,15-,16+,18?,19?. The molecule has 1 aliphatic heterocycles. The molecule has 4 bridgehead atoms. The summed E-state index contributed by atoms with van der Waals surface area (Å²) in [6.07, 6.45) is 10.1. The SMILES string of the molecule is COC1(c2ccnc(Cl)c2)[C@@H]2CCC[C@H]1CN(C13CC(C1)C3)C2. The number of piperidine rings is 1. The van der Waals surface area contributed by atoms with E-state index in [9.17, 15) is 0 Å². The van der Waals surface area contributed by atoms with Gasteiger partial charge in [0.15, 0.2) is 0 Å². The number of likely N-dealkylation sites (tertiary alicyclic amines) is 1. The molecule has 4 saturated carbocycles. The second kappa shape index (κ2) is 4.93. The molecule has 4 heteroatoms. The van der Waals surface area contributed by atoms with Gasteiger partial charge in [-0.15, -0.1) is 0 Å². The molecule has 4 aliphatic carbocycles. The van der Waals surface area contributed by atoms with E-state index in [1.165, 1.54) is 57.2 Å². The predicted molar refractivity (Wildman–Crippen MR) is 90.4 cm³/mol. The van der Waals surface area contributed by atoms with Crippen LogP contribution in [0.5, 0.6) is 0 Å². The number of nitrogens with zero attached hydrogens (tertiary/aromatic N) is 2. The third-order valence-corrected chi connectivity index (χ3v) is 7.60. The van der Waals surface area contributed by atoms with Gasteiger partial charge in [0.2, 0.25) is 0 Å². The highest BCUT2D eigenvalue weighted by Gasteiger charge is 2.63. The van der Waals surface area contributed by atoms with Gasteiger partial charge in [-0.1, -0.05) is 18.0 Å². The summed E-state index contributed by atoms with van der Waals surface area (Å²) in [5.74, 6) is 2.20. The Hall–Kier alpha value is -0.640. The topological polar surface area (TPSA) is 25.4 Å². The maximum atomic E-state index is 6.30. The maximum absolute atomic E-state index is 6.30. The number of ether oxygens (including phenoxy) is 1. The molecular weight excluding hydrogens is 308 g/mol. The van der Waals surface area contributed by atoms with Gasteiger partial charge >= 0.3 is 0 Å². The third-order valence-electron chi connectivity index (χ3n) is 7.39. The summed E-state index contributed by atoms with van der Waals surface area (Å²) in [6.45, 7) is 2.38. The lowest BCUT2D eigenvalue weighted by Gasteiger charge is -2.70. The molecule has 0 spiro atoms. The van der Waals surface area contributed by atoms with Gasteiger partial charge in [0.05, 0.1) is 0 Å². The minimum Gasteiger partial charge on any atom is -0.373 e. The van der Waals surface area contributed by atoms with E-state index in [1.54, 1.807) is 0 Å². The second-order valence-corrected chi connectivity index (χ2v) is 8.68. The molecule has 23 heavy (non-hydrogen) atoms. The molecule has 1 aromatic rings. The van der Waals surface area contributed by atoms with Crippen LogP contribution in [0.15, 0.2) is 18.3 Å². The van der Waals surface area contributed by atoms with Crippen LogP contribution < -0.4 is 0 Å². The van der Waals surface area contributed by atoms with E-state index in [0.29, 0.717) is 22.5 Å². The molecule has 0 radical (unpaired) electrons. The van der Waals surface area contributed by atoms with Gasteiger partial charge in [0, 0.05) is 43.8 Å². The number of halogens is 1. The molecule has 1 saturated heterocycles. The number of pyridine rings is 1. The molecule has 0 aromatic carbocycles. The summed E-state index contributed by atoms with van der Waals surface area (Å²) in [4.78, 5) is 7.01. The Morgan fingerprint density at radius 3 is 2.43 bits per heavy atom. The maximum Gasteiger partial charge on any atom is 0.129 e. The average Bonchev–Trinajstić information content (AvgIpc) is 2.43. The van der Waals surface area contributed by atoms with Crippen molar-refractivity contribution < 1.29 is 4.74 Å². The molecule has 3 nitrogen and oxygen atoms in total. The Bertz CT molecular complexity index is 603. The van der Waals surface area contributed by atoms with Gasteiger partial charge in [0.25, 0.3) is 0 Å². The number of fused-ring (bicyclic) bond motifs is 2. The zero-order valence-electron chi connectivity index (χ0n) is 13.8. The van der Waals surface area contributed by atoms with Gasteiger partial charge in [-0.05, 0) is 55.7 Å². The van der Waals surface area contributed by atoms with Crippen LogP contribution in [0.4, 0.5) is 0 Å². The quantitative estimate of drug-likeness (QED) is 0.786. The summed E-state index contributed by atoms with van der Waals surface area (Å²) < 4.78 is 6.30. The molecule has 6 rings (SSSR count). The second-order valence-electron chi connectivity index (χ2n) is 8.30. The zero-order chi connectivity index (χ0) is 15.7. The van der Waals surface area contributed by atoms with Crippen LogP contribution in [0.25, 0.3) is 0 Å². The largest absolute Gasteiger partial charge is 0.373 e. The minimum atomic E-state index is -0.162. The lowest BCUT2D eigenvalue weighted by atomic mass is 9.48. The van der Waals surface area contributed by atoms with Crippen molar-refractivity contribution in [3.8, 4) is 0 Å². The van der Waals surface area contributed by atoms with Crippen LogP contribution in [0.3, 0.4) is 0 Å². The van der Waals surface area contributed by atoms with Crippen molar-refractivity contribution >= 4 is 11.6 Å². The van der Waals surface area contributed by atoms with Gasteiger partial charge in [-0.25, -0.2) is 4.98 Å². The number of hydrogen-bond acceptors (Lipinski definition) is 3. The molecule has 2 heterocycles. The lowest BCUT2D eigenvalue weighted by molar-refractivity contribution is -0.226. The number of methoxy groups -OCH3 is 1. The van der Waals surface area contributed by atoms with E-state index < -0.39 is 0 Å². The smallest absolute Gasteiger partial charge is 0.129 e. The van der Waals surface area contributed by atoms with Gasteiger partial charge < -0.3 is 4.74 Å². The van der Waals surface area contributed by atoms with E-state index in [1.807, 2.05) is 19.4 Å². The van der Waals surface area contributed by atoms with E-state index in [4.69, 9.17) is 16.3 Å². The lowest BCUT2D eigenvalue weighted by Crippen LogP contribution is -2.73. The van der Waals surface area contributed by atoms with Crippen molar-refractivity contribution in [3.05, 3.63) is 29.0 Å². The van der Waals surface area contributed by atoms with Gasteiger partial charge in [-0.3, -0.25) is 4.90 Å². The summed E-state index contributed by atoms with van der Waals surface area (Å²) in [6, 6.07) is 4.16. The first-order chi connectivity index (χ1) is 11.2. The van der Waals surface area contributed by atoms with E-state index in [0.717, 1.165) is 5.92 Å². The Kier molecular flexibility index (Phi) is 3.15. The van der Waals surface area contributed by atoms with Crippen LogP contribution in [-0.2, 0) is 10.3 Å². The molecule has 5 fully saturated rings. The van der Waals surface area contributed by atoms with E-state index in [-0.39, 0.29) is 5.60 Å². The molecule has 1 aromatic heterocycles. The Labute approximate surface area is 143 Å². The highest BCUT2D eigenvalue weighted by molar-refractivity contribution is 6.29. The van der Waals surface area contributed by atoms with Crippen molar-refractivity contribution in [2.75, 3.05) is 20.2 Å². The van der Waals surface area contributed by atoms with Crippen LogP contribution in [0.1, 0.15) is 44.1 Å². The predicted octanol–water partition coefficient (Wildman–Crippen LogP) is 3.86. The van der Waals surface area contributed by atoms with Crippen LogP contribution in [0.2, 0.25) is 5.15 Å². The van der Waals surface area contributed by atoms with Crippen molar-refractivity contribution in [2.24, 2.45) is 17.8 Å². The normalized spacial score (nSPS) is 45.2. The Morgan fingerprint density at radius 2 is 1.91 bits per heavy atom. The molecule has 1 unspecified atom stereocenters. The molecule has 5 aliphatic rings. The highest BCUT2D eigenvalue weighted by atomic mass is 35.5. The van der Waals surface area contributed by atoms with Crippen molar-refractivity contribution in [1.82, 2.24) is 9.88 Å². The van der Waals surface area contributed by atoms with Crippen LogP contribution in [0, 0.1) is 17.8 Å². The van der Waals surface area contributed by atoms with Gasteiger partial charge in [-0.2, -0.15) is 0 Å². The van der Waals surface area contributed by atoms with Crippen molar-refractivity contribution in [1.29, 1.82) is 0 Å². The number of aromatic nitrogens is 1. The van der Waals surface area contributed by atoms with Crippen LogP contribution >= 0.6 is 11.6 Å². The highest BCUT2D eigenvalue weighted by Crippen LogP contribution is 2.63. The van der Waals surface area contributed by atoms with Crippen molar-refractivity contribution in [3.63, 3.8) is 0 Å². The van der Waals surface area contributed by atoms with Gasteiger partial charge in [0.1, 0.15) is 10.8 Å². The molecular formula is C19H25ClN2O. The molecule has 3 atom stereocenters. The summed E-state index contributed by atoms with van der Waals surface area (Å²) in [5.41, 5.74) is 1.66. The van der Waals surface area contributed by atoms with Crippen LogP contribution in [-0.4, -0.2) is 35.6 Å². The number of rotatable bonds is 3. The zero-order valence-corrected chi connectivity index (χ0v) is 14.6. The van der Waals surface area contributed by atoms with E-state index in [2.05, 4.69) is 16.0 Å². The summed E-state index contributed by atoms with van der Waals surface area (Å²) in [5, 5.41) is 0.582. The first-order valence-electron chi connectivity index (χ1n) is 9.08.